The van der Waals surface area contributed by atoms with Crippen molar-refractivity contribution in [1.29, 1.82) is 5.26 Å². The molecule has 4 nitrogen and oxygen atoms in total. The van der Waals surface area contributed by atoms with Crippen molar-refractivity contribution in [2.45, 2.75) is 13.8 Å². The number of benzene rings is 1. The van der Waals surface area contributed by atoms with E-state index in [4.69, 9.17) is 4.74 Å². The third kappa shape index (κ3) is 2.49. The van der Waals surface area contributed by atoms with E-state index >= 15 is 0 Å². The van der Waals surface area contributed by atoms with Crippen LogP contribution in [0.1, 0.15) is 27.9 Å². The van der Waals surface area contributed by atoms with E-state index in [9.17, 15) is 10.1 Å². The SMILES string of the molecule is CCOC(=O)c1sc(-c2cc(C#N)c3sccc3c2)nc1C. The lowest BCUT2D eigenvalue weighted by atomic mass is 10.1. The van der Waals surface area contributed by atoms with Crippen LogP contribution in [0, 0.1) is 18.3 Å². The average molecular weight is 328 g/mol. The Balaban J connectivity index is 2.10. The van der Waals surface area contributed by atoms with Crippen LogP contribution in [0.3, 0.4) is 0 Å². The number of carbonyl (C=O) groups excluding carboxylic acids is 1. The molecule has 0 spiro atoms. The summed E-state index contributed by atoms with van der Waals surface area (Å²) in [6, 6.07) is 8.03. The molecular weight excluding hydrogens is 316 g/mol. The summed E-state index contributed by atoms with van der Waals surface area (Å²) in [6.45, 7) is 3.91. The number of fused-ring (bicyclic) bond motifs is 1. The van der Waals surface area contributed by atoms with E-state index in [0.29, 0.717) is 22.7 Å². The molecule has 0 atom stereocenters. The fourth-order valence-electron chi connectivity index (χ4n) is 2.19. The second-order valence-corrected chi connectivity index (χ2v) is 6.54. The van der Waals surface area contributed by atoms with E-state index in [-0.39, 0.29) is 5.97 Å². The van der Waals surface area contributed by atoms with Crippen molar-refractivity contribution in [3.05, 3.63) is 39.7 Å². The number of hydrogen-bond acceptors (Lipinski definition) is 6. The van der Waals surface area contributed by atoms with E-state index in [1.807, 2.05) is 23.6 Å². The van der Waals surface area contributed by atoms with E-state index in [1.165, 1.54) is 11.3 Å². The highest BCUT2D eigenvalue weighted by Gasteiger charge is 2.18. The Labute approximate surface area is 135 Å². The molecule has 0 saturated carbocycles. The predicted octanol–water partition coefficient (Wildman–Crippen LogP) is 4.38. The molecule has 3 aromatic rings. The van der Waals surface area contributed by atoms with Gasteiger partial charge in [-0.1, -0.05) is 0 Å². The standard InChI is InChI=1S/C16H12N2O2S2/c1-3-20-16(19)13-9(2)18-15(22-13)11-6-10-4-5-21-14(10)12(7-11)8-17/h4-7H,3H2,1-2H3. The number of nitrogens with zero attached hydrogens (tertiary/aromatic N) is 2. The van der Waals surface area contributed by atoms with Crippen LogP contribution in [0.2, 0.25) is 0 Å². The molecule has 0 bridgehead atoms. The molecule has 0 unspecified atom stereocenters. The third-order valence-corrected chi connectivity index (χ3v) is 5.33. The predicted molar refractivity (Wildman–Crippen MR) is 88.3 cm³/mol. The zero-order chi connectivity index (χ0) is 15.7. The maximum absolute atomic E-state index is 11.9. The van der Waals surface area contributed by atoms with Gasteiger partial charge in [0, 0.05) is 5.56 Å². The van der Waals surface area contributed by atoms with Gasteiger partial charge in [0.2, 0.25) is 0 Å². The number of hydrogen-bond donors (Lipinski definition) is 0. The second-order valence-electron chi connectivity index (χ2n) is 4.63. The topological polar surface area (TPSA) is 63.0 Å². The van der Waals surface area contributed by atoms with Gasteiger partial charge in [-0.25, -0.2) is 9.78 Å². The lowest BCUT2D eigenvalue weighted by Crippen LogP contribution is -2.03. The molecule has 6 heteroatoms. The summed E-state index contributed by atoms with van der Waals surface area (Å²) >= 11 is 2.85. The summed E-state index contributed by atoms with van der Waals surface area (Å²) in [6.07, 6.45) is 0. The molecule has 0 aliphatic carbocycles. The Bertz CT molecular complexity index is 903. The van der Waals surface area contributed by atoms with Crippen molar-refractivity contribution in [2.75, 3.05) is 6.61 Å². The van der Waals surface area contributed by atoms with Gasteiger partial charge in [0.05, 0.1) is 22.6 Å². The molecule has 2 aromatic heterocycles. The van der Waals surface area contributed by atoms with E-state index < -0.39 is 0 Å². The molecular formula is C16H12N2O2S2. The average Bonchev–Trinajstić information content (AvgIpc) is 3.12. The fourth-order valence-corrected chi connectivity index (χ4v) is 3.99. The number of carbonyl (C=O) groups is 1. The van der Waals surface area contributed by atoms with E-state index in [0.717, 1.165) is 20.7 Å². The summed E-state index contributed by atoms with van der Waals surface area (Å²) in [4.78, 5) is 16.9. The molecule has 0 saturated heterocycles. The van der Waals surface area contributed by atoms with Crippen molar-refractivity contribution in [3.63, 3.8) is 0 Å². The summed E-state index contributed by atoms with van der Waals surface area (Å²) < 4.78 is 6.02. The molecule has 1 aromatic carbocycles. The number of aromatic nitrogens is 1. The smallest absolute Gasteiger partial charge is 0.350 e. The van der Waals surface area contributed by atoms with Gasteiger partial charge in [0.15, 0.2) is 0 Å². The Kier molecular flexibility index (Phi) is 3.92. The van der Waals surface area contributed by atoms with Gasteiger partial charge in [0.25, 0.3) is 0 Å². The summed E-state index contributed by atoms with van der Waals surface area (Å²) in [5.74, 6) is -0.346. The van der Waals surface area contributed by atoms with Crippen LogP contribution in [0.4, 0.5) is 0 Å². The Morgan fingerprint density at radius 2 is 2.27 bits per heavy atom. The molecule has 0 aliphatic rings. The lowest BCUT2D eigenvalue weighted by Gasteiger charge is -1.99. The highest BCUT2D eigenvalue weighted by Crippen LogP contribution is 2.34. The molecule has 22 heavy (non-hydrogen) atoms. The van der Waals surface area contributed by atoms with Crippen LogP contribution in [0.15, 0.2) is 23.6 Å². The number of ether oxygens (including phenoxy) is 1. The lowest BCUT2D eigenvalue weighted by molar-refractivity contribution is 0.0531. The molecule has 0 radical (unpaired) electrons. The monoisotopic (exact) mass is 328 g/mol. The molecule has 0 amide bonds. The summed E-state index contributed by atoms with van der Waals surface area (Å²) in [7, 11) is 0. The normalized spacial score (nSPS) is 10.6. The Morgan fingerprint density at radius 3 is 3.00 bits per heavy atom. The third-order valence-electron chi connectivity index (χ3n) is 3.18. The van der Waals surface area contributed by atoms with E-state index in [1.54, 1.807) is 25.2 Å². The van der Waals surface area contributed by atoms with Gasteiger partial charge in [-0.15, -0.1) is 22.7 Å². The number of rotatable bonds is 3. The van der Waals surface area contributed by atoms with Crippen molar-refractivity contribution < 1.29 is 9.53 Å². The Hall–Kier alpha value is -2.23. The van der Waals surface area contributed by atoms with Gasteiger partial charge >= 0.3 is 5.97 Å². The van der Waals surface area contributed by atoms with Crippen LogP contribution in [0.5, 0.6) is 0 Å². The fraction of sp³-hybridized carbons (Fsp3) is 0.188. The van der Waals surface area contributed by atoms with Gasteiger partial charge in [-0.05, 0) is 42.8 Å². The molecule has 0 aliphatic heterocycles. The molecule has 0 N–H and O–H groups in total. The van der Waals surface area contributed by atoms with Crippen LogP contribution >= 0.6 is 22.7 Å². The first kappa shape index (κ1) is 14.7. The van der Waals surface area contributed by atoms with Crippen LogP contribution < -0.4 is 0 Å². The van der Waals surface area contributed by atoms with Crippen molar-refractivity contribution in [2.24, 2.45) is 0 Å². The first-order valence-electron chi connectivity index (χ1n) is 6.70. The Morgan fingerprint density at radius 1 is 1.45 bits per heavy atom. The molecule has 0 fully saturated rings. The zero-order valence-electron chi connectivity index (χ0n) is 12.0. The van der Waals surface area contributed by atoms with Crippen molar-refractivity contribution >= 4 is 38.7 Å². The number of thiazole rings is 1. The zero-order valence-corrected chi connectivity index (χ0v) is 13.7. The first-order chi connectivity index (χ1) is 10.6. The van der Waals surface area contributed by atoms with Crippen molar-refractivity contribution in [3.8, 4) is 16.6 Å². The first-order valence-corrected chi connectivity index (χ1v) is 8.40. The minimum atomic E-state index is -0.346. The van der Waals surface area contributed by atoms with Crippen LogP contribution in [0.25, 0.3) is 20.7 Å². The quantitative estimate of drug-likeness (QED) is 0.669. The van der Waals surface area contributed by atoms with Gasteiger partial charge in [-0.3, -0.25) is 0 Å². The number of aryl methyl sites for hydroxylation is 1. The minimum Gasteiger partial charge on any atom is -0.462 e. The maximum Gasteiger partial charge on any atom is 0.350 e. The summed E-state index contributed by atoms with van der Waals surface area (Å²) in [5, 5.41) is 13.0. The van der Waals surface area contributed by atoms with Crippen LogP contribution in [-0.4, -0.2) is 17.6 Å². The van der Waals surface area contributed by atoms with Gasteiger partial charge < -0.3 is 4.74 Å². The highest BCUT2D eigenvalue weighted by molar-refractivity contribution is 7.17. The molecule has 2 heterocycles. The number of esters is 1. The van der Waals surface area contributed by atoms with Crippen molar-refractivity contribution in [1.82, 2.24) is 4.98 Å². The molecule has 110 valence electrons. The largest absolute Gasteiger partial charge is 0.462 e. The maximum atomic E-state index is 11.9. The number of thiophene rings is 1. The molecule has 3 rings (SSSR count). The van der Waals surface area contributed by atoms with Gasteiger partial charge in [0.1, 0.15) is 16.0 Å². The minimum absolute atomic E-state index is 0.338. The van der Waals surface area contributed by atoms with Crippen LogP contribution in [-0.2, 0) is 4.74 Å². The number of nitriles is 1. The van der Waals surface area contributed by atoms with Gasteiger partial charge in [-0.2, -0.15) is 5.26 Å². The van der Waals surface area contributed by atoms with E-state index in [2.05, 4.69) is 11.1 Å². The highest BCUT2D eigenvalue weighted by atomic mass is 32.1. The second kappa shape index (κ2) is 5.87. The summed E-state index contributed by atoms with van der Waals surface area (Å²) in [5.41, 5.74) is 2.14.